The molecule has 0 saturated heterocycles. The first-order valence-corrected chi connectivity index (χ1v) is 9.21. The number of nitrogens with one attached hydrogen (secondary N) is 1. The number of nitrogens with zero attached hydrogens (tertiary/aromatic N) is 1. The van der Waals surface area contributed by atoms with E-state index in [2.05, 4.69) is 5.32 Å². The van der Waals surface area contributed by atoms with E-state index in [1.165, 1.54) is 23.1 Å². The molecule has 0 bridgehead atoms. The number of amides is 2. The van der Waals surface area contributed by atoms with Crippen molar-refractivity contribution in [3.63, 3.8) is 0 Å². The number of fused-ring (bicyclic) bond motifs is 1. The third kappa shape index (κ3) is 4.62. The summed E-state index contributed by atoms with van der Waals surface area (Å²) >= 11 is 0. The molecule has 2 aromatic carbocycles. The third-order valence-corrected chi connectivity index (χ3v) is 4.63. The van der Waals surface area contributed by atoms with Crippen LogP contribution in [0.1, 0.15) is 15.9 Å². The largest absolute Gasteiger partial charge is 0.493 e. The quantitative estimate of drug-likeness (QED) is 0.673. The van der Waals surface area contributed by atoms with Gasteiger partial charge in [0.1, 0.15) is 12.3 Å². The van der Waals surface area contributed by atoms with Gasteiger partial charge in [0.2, 0.25) is 5.91 Å². The van der Waals surface area contributed by atoms with Gasteiger partial charge in [-0.3, -0.25) is 14.5 Å². The lowest BCUT2D eigenvalue weighted by Crippen LogP contribution is -2.45. The molecule has 0 fully saturated rings. The summed E-state index contributed by atoms with van der Waals surface area (Å²) in [5.74, 6) is -0.327. The highest BCUT2D eigenvalue weighted by molar-refractivity contribution is 6.03. The van der Waals surface area contributed by atoms with Gasteiger partial charge in [-0.25, -0.2) is 4.79 Å². The summed E-state index contributed by atoms with van der Waals surface area (Å²) in [6.45, 7) is -0.0859. The zero-order valence-corrected chi connectivity index (χ0v) is 16.6. The highest BCUT2D eigenvalue weighted by atomic mass is 16.5. The minimum atomic E-state index is -1.13. The molecule has 2 aromatic rings. The maximum Gasteiger partial charge on any atom is 0.335 e. The number of ether oxygens (including phenoxy) is 3. The van der Waals surface area contributed by atoms with Gasteiger partial charge < -0.3 is 24.6 Å². The molecule has 0 unspecified atom stereocenters. The average Bonchev–Trinajstić information content (AvgIpc) is 2.75. The van der Waals surface area contributed by atoms with E-state index < -0.39 is 11.9 Å². The van der Waals surface area contributed by atoms with E-state index in [1.807, 2.05) is 12.1 Å². The number of carboxylic acids is 1. The molecule has 0 atom stereocenters. The number of methoxy groups -OCH3 is 2. The highest BCUT2D eigenvalue weighted by Crippen LogP contribution is 2.33. The van der Waals surface area contributed by atoms with E-state index >= 15 is 0 Å². The first-order chi connectivity index (χ1) is 14.4. The maximum atomic E-state index is 12.4. The third-order valence-electron chi connectivity index (χ3n) is 4.63. The summed E-state index contributed by atoms with van der Waals surface area (Å²) in [6.07, 6.45) is 0.558. The Bertz CT molecular complexity index is 974. The summed E-state index contributed by atoms with van der Waals surface area (Å²) in [5.41, 5.74) is 1.22. The molecule has 1 aliphatic heterocycles. The number of carbonyl (C=O) groups is 3. The Hall–Kier alpha value is -3.75. The predicted molar refractivity (Wildman–Crippen MR) is 108 cm³/mol. The van der Waals surface area contributed by atoms with Gasteiger partial charge in [0.05, 0.1) is 25.5 Å². The second kappa shape index (κ2) is 9.17. The SMILES string of the molecule is COc1ccc(CCNC(=O)CN2C(=O)COc3ccc(C(=O)O)cc32)cc1OC. The second-order valence-corrected chi connectivity index (χ2v) is 6.55. The molecule has 0 aromatic heterocycles. The molecule has 0 spiro atoms. The van der Waals surface area contributed by atoms with E-state index in [4.69, 9.17) is 14.2 Å². The minimum absolute atomic E-state index is 0.00547. The normalized spacial score (nSPS) is 12.6. The number of hydrogen-bond acceptors (Lipinski definition) is 6. The van der Waals surface area contributed by atoms with Gasteiger partial charge in [0.25, 0.3) is 5.91 Å². The van der Waals surface area contributed by atoms with Gasteiger partial charge in [-0.1, -0.05) is 6.07 Å². The number of rotatable bonds is 8. The number of benzene rings is 2. The molecule has 9 nitrogen and oxygen atoms in total. The van der Waals surface area contributed by atoms with Crippen molar-refractivity contribution in [1.82, 2.24) is 5.32 Å². The van der Waals surface area contributed by atoms with Gasteiger partial charge in [-0.15, -0.1) is 0 Å². The average molecular weight is 414 g/mol. The zero-order valence-electron chi connectivity index (χ0n) is 16.6. The van der Waals surface area contributed by atoms with Gasteiger partial charge in [-0.2, -0.15) is 0 Å². The fraction of sp³-hybridized carbons (Fsp3) is 0.286. The Kier molecular flexibility index (Phi) is 6.41. The van der Waals surface area contributed by atoms with Crippen LogP contribution in [-0.2, 0) is 16.0 Å². The van der Waals surface area contributed by atoms with Crippen molar-refractivity contribution in [2.24, 2.45) is 0 Å². The lowest BCUT2D eigenvalue weighted by atomic mass is 10.1. The van der Waals surface area contributed by atoms with Crippen molar-refractivity contribution in [2.75, 3.05) is 38.8 Å². The second-order valence-electron chi connectivity index (χ2n) is 6.55. The predicted octanol–water partition coefficient (Wildman–Crippen LogP) is 1.49. The first kappa shape index (κ1) is 21.0. The molecule has 9 heteroatoms. The Balaban J connectivity index is 1.62. The molecular weight excluding hydrogens is 392 g/mol. The lowest BCUT2D eigenvalue weighted by Gasteiger charge is -2.29. The molecular formula is C21H22N2O7. The molecule has 0 saturated carbocycles. The number of carbonyl (C=O) groups excluding carboxylic acids is 2. The Morgan fingerprint density at radius 1 is 1.13 bits per heavy atom. The van der Waals surface area contributed by atoms with Crippen LogP contribution in [0.4, 0.5) is 5.69 Å². The monoisotopic (exact) mass is 414 g/mol. The molecule has 1 aliphatic rings. The van der Waals surface area contributed by atoms with Crippen molar-refractivity contribution in [3.8, 4) is 17.2 Å². The van der Waals surface area contributed by atoms with Gasteiger partial charge in [-0.05, 0) is 42.3 Å². The number of aromatic carboxylic acids is 1. The van der Waals surface area contributed by atoms with Crippen LogP contribution in [0.3, 0.4) is 0 Å². The van der Waals surface area contributed by atoms with Crippen molar-refractivity contribution in [3.05, 3.63) is 47.5 Å². The first-order valence-electron chi connectivity index (χ1n) is 9.21. The van der Waals surface area contributed by atoms with Crippen molar-refractivity contribution >= 4 is 23.5 Å². The van der Waals surface area contributed by atoms with Crippen molar-refractivity contribution in [2.45, 2.75) is 6.42 Å². The van der Waals surface area contributed by atoms with Gasteiger partial charge >= 0.3 is 5.97 Å². The topological polar surface area (TPSA) is 114 Å². The number of anilines is 1. The van der Waals surface area contributed by atoms with E-state index in [-0.39, 0.29) is 30.3 Å². The van der Waals surface area contributed by atoms with E-state index in [1.54, 1.807) is 20.3 Å². The fourth-order valence-corrected chi connectivity index (χ4v) is 3.09. The van der Waals surface area contributed by atoms with Crippen LogP contribution < -0.4 is 24.4 Å². The Morgan fingerprint density at radius 2 is 1.90 bits per heavy atom. The van der Waals surface area contributed by atoms with Crippen molar-refractivity contribution < 1.29 is 33.7 Å². The molecule has 158 valence electrons. The summed E-state index contributed by atoms with van der Waals surface area (Å²) < 4.78 is 15.8. The summed E-state index contributed by atoms with van der Waals surface area (Å²) in [7, 11) is 3.11. The van der Waals surface area contributed by atoms with Crippen LogP contribution in [0.15, 0.2) is 36.4 Å². The minimum Gasteiger partial charge on any atom is -0.493 e. The molecule has 3 rings (SSSR count). The zero-order chi connectivity index (χ0) is 21.7. The smallest absolute Gasteiger partial charge is 0.335 e. The van der Waals surface area contributed by atoms with Crippen LogP contribution >= 0.6 is 0 Å². The van der Waals surface area contributed by atoms with Crippen molar-refractivity contribution in [1.29, 1.82) is 0 Å². The van der Waals surface area contributed by atoms with E-state index in [0.29, 0.717) is 30.2 Å². The molecule has 1 heterocycles. The fourth-order valence-electron chi connectivity index (χ4n) is 3.09. The molecule has 2 amide bonds. The van der Waals surface area contributed by atoms with E-state index in [9.17, 15) is 19.5 Å². The van der Waals surface area contributed by atoms with Gasteiger partial charge in [0.15, 0.2) is 18.1 Å². The van der Waals surface area contributed by atoms with E-state index in [0.717, 1.165) is 5.56 Å². The van der Waals surface area contributed by atoms with Crippen LogP contribution in [0, 0.1) is 0 Å². The number of carboxylic acid groups (broad SMARTS) is 1. The molecule has 0 radical (unpaired) electrons. The lowest BCUT2D eigenvalue weighted by molar-refractivity contribution is -0.125. The Labute approximate surface area is 173 Å². The molecule has 0 aliphatic carbocycles. The van der Waals surface area contributed by atoms with Crippen LogP contribution in [0.25, 0.3) is 0 Å². The van der Waals surface area contributed by atoms with Crippen LogP contribution in [-0.4, -0.2) is 56.8 Å². The Morgan fingerprint density at radius 3 is 2.60 bits per heavy atom. The van der Waals surface area contributed by atoms with Crippen LogP contribution in [0.2, 0.25) is 0 Å². The summed E-state index contributed by atoms with van der Waals surface area (Å²) in [5, 5.41) is 11.9. The van der Waals surface area contributed by atoms with Gasteiger partial charge in [0, 0.05) is 6.54 Å². The summed E-state index contributed by atoms with van der Waals surface area (Å²) in [6, 6.07) is 9.69. The molecule has 2 N–H and O–H groups in total. The standard InChI is InChI=1S/C21H22N2O7/c1-28-17-5-3-13(9-18(17)29-2)7-8-22-19(24)11-23-15-10-14(21(26)27)4-6-16(15)30-12-20(23)25/h3-6,9-10H,7-8,11-12H2,1-2H3,(H,22,24)(H,26,27). The van der Waals surface area contributed by atoms with Crippen LogP contribution in [0.5, 0.6) is 17.2 Å². The number of hydrogen-bond donors (Lipinski definition) is 2. The summed E-state index contributed by atoms with van der Waals surface area (Å²) in [4.78, 5) is 37.1. The highest BCUT2D eigenvalue weighted by Gasteiger charge is 2.28. The maximum absolute atomic E-state index is 12.4. The molecule has 30 heavy (non-hydrogen) atoms.